The molecule has 0 saturated carbocycles. The van der Waals surface area contributed by atoms with Gasteiger partial charge in [0, 0.05) is 12.4 Å². The Bertz CT molecular complexity index is 134. The monoisotopic (exact) mass is 187 g/mol. The van der Waals surface area contributed by atoms with E-state index in [4.69, 9.17) is 5.11 Å². The van der Waals surface area contributed by atoms with Crippen molar-refractivity contribution in [1.29, 1.82) is 0 Å². The first-order chi connectivity index (χ1) is 4.04. The van der Waals surface area contributed by atoms with Crippen LogP contribution in [0.15, 0.2) is 0 Å². The van der Waals surface area contributed by atoms with Crippen LogP contribution in [0, 0.1) is 0 Å². The Hall–Kier alpha value is -0.581. The van der Waals surface area contributed by atoms with Gasteiger partial charge in [-0.1, -0.05) is 0 Å². The van der Waals surface area contributed by atoms with E-state index in [1.165, 1.54) is 0 Å². The Kier molecular flexibility index (Phi) is 6.34. The largest absolute Gasteiger partial charge is 2.00 e. The summed E-state index contributed by atoms with van der Waals surface area (Å²) < 4.78 is 0. The normalized spacial score (nSPS) is 11.3. The van der Waals surface area contributed by atoms with Gasteiger partial charge in [-0.25, -0.2) is 0 Å². The Morgan fingerprint density at radius 1 is 1.40 bits per heavy atom. The molecule has 1 atom stereocenters. The van der Waals surface area contributed by atoms with E-state index in [1.54, 1.807) is 0 Å². The molecule has 0 spiro atoms. The molecule has 0 heterocycles. The Labute approximate surface area is 67.1 Å². The number of carbonyl (C=O) groups is 2. The minimum absolute atomic E-state index is 0. The SMILES string of the molecule is O=C([O-])CC(O)C(=O)[O-].[Mn+2]. The molecule has 0 aromatic carbocycles. The number of aliphatic hydroxyl groups is 1. The van der Waals surface area contributed by atoms with Gasteiger partial charge < -0.3 is 24.9 Å². The van der Waals surface area contributed by atoms with Crippen LogP contribution in [0.5, 0.6) is 0 Å². The van der Waals surface area contributed by atoms with E-state index < -0.39 is 24.5 Å². The van der Waals surface area contributed by atoms with E-state index in [1.807, 2.05) is 0 Å². The summed E-state index contributed by atoms with van der Waals surface area (Å²) in [7, 11) is 0. The van der Waals surface area contributed by atoms with Crippen LogP contribution in [0.4, 0.5) is 0 Å². The zero-order chi connectivity index (χ0) is 7.44. The van der Waals surface area contributed by atoms with Gasteiger partial charge >= 0.3 is 17.1 Å². The van der Waals surface area contributed by atoms with E-state index in [0.29, 0.717) is 0 Å². The van der Waals surface area contributed by atoms with Crippen LogP contribution in [0.1, 0.15) is 6.42 Å². The van der Waals surface area contributed by atoms with Crippen LogP contribution < -0.4 is 10.2 Å². The fourth-order valence-corrected chi connectivity index (χ4v) is 0.241. The molecule has 57 valence electrons. The molecule has 0 rings (SSSR count). The number of rotatable bonds is 3. The van der Waals surface area contributed by atoms with E-state index >= 15 is 0 Å². The second-order valence-electron chi connectivity index (χ2n) is 1.41. The molecule has 0 aliphatic heterocycles. The van der Waals surface area contributed by atoms with Gasteiger partial charge in [-0.3, -0.25) is 0 Å². The van der Waals surface area contributed by atoms with Crippen molar-refractivity contribution in [2.45, 2.75) is 12.5 Å². The number of hydrogen-bond donors (Lipinski definition) is 1. The molecule has 0 aromatic rings. The third kappa shape index (κ3) is 5.55. The van der Waals surface area contributed by atoms with Gasteiger partial charge in [0.05, 0.1) is 12.1 Å². The molecule has 0 amide bonds. The van der Waals surface area contributed by atoms with Crippen molar-refractivity contribution in [2.24, 2.45) is 0 Å². The average molecular weight is 187 g/mol. The van der Waals surface area contributed by atoms with Crippen molar-refractivity contribution in [1.82, 2.24) is 0 Å². The second kappa shape index (κ2) is 5.22. The first kappa shape index (κ1) is 12.1. The van der Waals surface area contributed by atoms with Crippen LogP contribution in [-0.4, -0.2) is 23.1 Å². The Balaban J connectivity index is 0. The molecule has 6 heteroatoms. The predicted molar refractivity (Wildman–Crippen MR) is 20.6 cm³/mol. The molecule has 5 nitrogen and oxygen atoms in total. The molecule has 0 aromatic heterocycles. The van der Waals surface area contributed by atoms with Crippen molar-refractivity contribution in [3.8, 4) is 0 Å². The zero-order valence-electron chi connectivity index (χ0n) is 4.74. The first-order valence-corrected chi connectivity index (χ1v) is 2.13. The van der Waals surface area contributed by atoms with Gasteiger partial charge in [0.25, 0.3) is 0 Å². The van der Waals surface area contributed by atoms with Crippen molar-refractivity contribution >= 4 is 11.9 Å². The molecule has 1 unspecified atom stereocenters. The molecule has 1 N–H and O–H groups in total. The second-order valence-corrected chi connectivity index (χ2v) is 1.41. The number of aliphatic carboxylic acids is 2. The molecular formula is C4H4MnO5. The third-order valence-corrected chi connectivity index (χ3v) is 0.632. The van der Waals surface area contributed by atoms with Crippen molar-refractivity contribution in [3.63, 3.8) is 0 Å². The number of hydrogen-bond acceptors (Lipinski definition) is 5. The molecule has 0 aliphatic rings. The summed E-state index contributed by atoms with van der Waals surface area (Å²) in [4.78, 5) is 19.1. The quantitative estimate of drug-likeness (QED) is 0.457. The number of carboxylic acid groups (broad SMARTS) is 2. The van der Waals surface area contributed by atoms with Crippen LogP contribution >= 0.6 is 0 Å². The Morgan fingerprint density at radius 2 is 1.80 bits per heavy atom. The maximum absolute atomic E-state index is 9.58. The fraction of sp³-hybridized carbons (Fsp3) is 0.500. The standard InChI is InChI=1S/C4H6O5.Mn/c5-2(4(8)9)1-3(6)7;/h2,5H,1H2,(H,6,7)(H,8,9);/q;+2/p-2. The minimum atomic E-state index is -1.96. The molecule has 10 heavy (non-hydrogen) atoms. The summed E-state index contributed by atoms with van der Waals surface area (Å²) >= 11 is 0. The maximum atomic E-state index is 9.58. The van der Waals surface area contributed by atoms with Gasteiger partial charge in [0.2, 0.25) is 0 Å². The molecule has 0 saturated heterocycles. The van der Waals surface area contributed by atoms with Crippen LogP contribution in [-0.2, 0) is 26.7 Å². The summed E-state index contributed by atoms with van der Waals surface area (Å²) in [5.41, 5.74) is 0. The summed E-state index contributed by atoms with van der Waals surface area (Å²) in [6.07, 6.45) is -2.89. The van der Waals surface area contributed by atoms with E-state index in [-0.39, 0.29) is 17.1 Å². The van der Waals surface area contributed by atoms with Gasteiger partial charge in [0.1, 0.15) is 0 Å². The smallest absolute Gasteiger partial charge is 0.550 e. The maximum Gasteiger partial charge on any atom is 2.00 e. The topological polar surface area (TPSA) is 100 Å². The molecule has 0 aliphatic carbocycles. The zero-order valence-corrected chi connectivity index (χ0v) is 5.92. The van der Waals surface area contributed by atoms with Gasteiger partial charge in [-0.05, 0) is 0 Å². The fourth-order valence-electron chi connectivity index (χ4n) is 0.241. The summed E-state index contributed by atoms with van der Waals surface area (Å²) in [5, 5.41) is 27.3. The number of carbonyl (C=O) groups excluding carboxylic acids is 2. The average Bonchev–Trinajstić information content (AvgIpc) is 1.63. The number of carboxylic acids is 2. The molecule has 0 bridgehead atoms. The molecule has 1 radical (unpaired) electrons. The first-order valence-electron chi connectivity index (χ1n) is 2.13. The third-order valence-electron chi connectivity index (χ3n) is 0.632. The van der Waals surface area contributed by atoms with Crippen molar-refractivity contribution in [3.05, 3.63) is 0 Å². The summed E-state index contributed by atoms with van der Waals surface area (Å²) in [6.45, 7) is 0. The van der Waals surface area contributed by atoms with Crippen LogP contribution in [0.25, 0.3) is 0 Å². The van der Waals surface area contributed by atoms with Gasteiger partial charge in [-0.2, -0.15) is 0 Å². The molecule has 0 fully saturated rings. The number of aliphatic hydroxyl groups excluding tert-OH is 1. The van der Waals surface area contributed by atoms with Crippen molar-refractivity contribution in [2.75, 3.05) is 0 Å². The van der Waals surface area contributed by atoms with E-state index in [9.17, 15) is 19.8 Å². The van der Waals surface area contributed by atoms with E-state index in [2.05, 4.69) is 0 Å². The minimum Gasteiger partial charge on any atom is -0.550 e. The summed E-state index contributed by atoms with van der Waals surface area (Å²) in [6, 6.07) is 0. The summed E-state index contributed by atoms with van der Waals surface area (Å²) in [5.74, 6) is -3.43. The van der Waals surface area contributed by atoms with Gasteiger partial charge in [0.15, 0.2) is 0 Å². The van der Waals surface area contributed by atoms with Crippen LogP contribution in [0.2, 0.25) is 0 Å². The van der Waals surface area contributed by atoms with Gasteiger partial charge in [-0.15, -0.1) is 0 Å². The van der Waals surface area contributed by atoms with E-state index in [0.717, 1.165) is 0 Å². The van der Waals surface area contributed by atoms with Crippen molar-refractivity contribution < 1.29 is 42.0 Å². The predicted octanol–water partition coefficient (Wildman–Crippen LogP) is -3.77. The Morgan fingerprint density at radius 3 is 1.90 bits per heavy atom. The molecular weight excluding hydrogens is 183 g/mol. The van der Waals surface area contributed by atoms with Crippen LogP contribution in [0.3, 0.4) is 0 Å².